The summed E-state index contributed by atoms with van der Waals surface area (Å²) in [4.78, 5) is 10.9. The summed E-state index contributed by atoms with van der Waals surface area (Å²) in [6.45, 7) is 6.17. The summed E-state index contributed by atoms with van der Waals surface area (Å²) in [6.07, 6.45) is 4.31. The van der Waals surface area contributed by atoms with Crippen LogP contribution in [-0.4, -0.2) is 18.5 Å². The number of hydrogen-bond donors (Lipinski definition) is 0. The molecule has 12 heavy (non-hydrogen) atoms. The van der Waals surface area contributed by atoms with Gasteiger partial charge in [-0.1, -0.05) is 6.92 Å². The van der Waals surface area contributed by atoms with Crippen molar-refractivity contribution in [3.05, 3.63) is 0 Å². The number of carbonyl (C=O) groups is 1. The number of rotatable bonds is 2. The SMILES string of the molecule is CCC1(C=O)CC(C)OC(C)C1. The first kappa shape index (κ1) is 9.72. The predicted octanol–water partition coefficient (Wildman–Crippen LogP) is 2.17. The molecule has 0 N–H and O–H groups in total. The van der Waals surface area contributed by atoms with Gasteiger partial charge in [-0.25, -0.2) is 0 Å². The lowest BCUT2D eigenvalue weighted by Gasteiger charge is -2.38. The average Bonchev–Trinajstić information content (AvgIpc) is 2.02. The van der Waals surface area contributed by atoms with Crippen LogP contribution in [0.3, 0.4) is 0 Å². The second-order valence-electron chi connectivity index (χ2n) is 4.00. The molecule has 2 heteroatoms. The van der Waals surface area contributed by atoms with Gasteiger partial charge in [0.05, 0.1) is 12.2 Å². The summed E-state index contributed by atoms with van der Waals surface area (Å²) in [5.74, 6) is 0. The lowest BCUT2D eigenvalue weighted by Crippen LogP contribution is -2.38. The van der Waals surface area contributed by atoms with Gasteiger partial charge in [-0.15, -0.1) is 0 Å². The van der Waals surface area contributed by atoms with Crippen molar-refractivity contribution >= 4 is 6.29 Å². The fourth-order valence-electron chi connectivity index (χ4n) is 2.19. The third kappa shape index (κ3) is 1.86. The van der Waals surface area contributed by atoms with Crippen molar-refractivity contribution in [3.8, 4) is 0 Å². The Bertz CT molecular complexity index is 155. The first-order chi connectivity index (χ1) is 5.62. The Kier molecular flexibility index (Phi) is 2.89. The van der Waals surface area contributed by atoms with Crippen LogP contribution in [0.25, 0.3) is 0 Å². The van der Waals surface area contributed by atoms with E-state index in [1.165, 1.54) is 0 Å². The van der Waals surface area contributed by atoms with E-state index in [4.69, 9.17) is 4.74 Å². The van der Waals surface area contributed by atoms with Crippen LogP contribution >= 0.6 is 0 Å². The molecule has 1 rings (SSSR count). The van der Waals surface area contributed by atoms with Gasteiger partial charge >= 0.3 is 0 Å². The molecule has 0 aromatic heterocycles. The Morgan fingerprint density at radius 3 is 2.25 bits per heavy atom. The molecule has 0 amide bonds. The number of carbonyl (C=O) groups excluding carboxylic acids is 1. The first-order valence-electron chi connectivity index (χ1n) is 4.73. The first-order valence-corrected chi connectivity index (χ1v) is 4.73. The molecule has 70 valence electrons. The molecule has 2 unspecified atom stereocenters. The van der Waals surface area contributed by atoms with E-state index in [-0.39, 0.29) is 17.6 Å². The highest BCUT2D eigenvalue weighted by molar-refractivity contribution is 5.59. The maximum absolute atomic E-state index is 10.9. The van der Waals surface area contributed by atoms with Crippen LogP contribution in [-0.2, 0) is 9.53 Å². The van der Waals surface area contributed by atoms with E-state index < -0.39 is 0 Å². The van der Waals surface area contributed by atoms with Gasteiger partial charge in [0.2, 0.25) is 0 Å². The highest BCUT2D eigenvalue weighted by Crippen LogP contribution is 2.37. The molecule has 1 aliphatic rings. The summed E-state index contributed by atoms with van der Waals surface area (Å²) in [6, 6.07) is 0. The Morgan fingerprint density at radius 2 is 1.92 bits per heavy atom. The molecular weight excluding hydrogens is 152 g/mol. The average molecular weight is 170 g/mol. The zero-order chi connectivity index (χ0) is 9.19. The van der Waals surface area contributed by atoms with Gasteiger partial charge < -0.3 is 9.53 Å². The van der Waals surface area contributed by atoms with Crippen molar-refractivity contribution in [1.82, 2.24) is 0 Å². The van der Waals surface area contributed by atoms with Gasteiger partial charge in [0.1, 0.15) is 6.29 Å². The maximum atomic E-state index is 10.9. The van der Waals surface area contributed by atoms with Crippen molar-refractivity contribution < 1.29 is 9.53 Å². The van der Waals surface area contributed by atoms with Gasteiger partial charge in [-0.2, -0.15) is 0 Å². The smallest absolute Gasteiger partial charge is 0.126 e. The van der Waals surface area contributed by atoms with Crippen LogP contribution in [0.2, 0.25) is 0 Å². The molecule has 0 aromatic carbocycles. The fourth-order valence-corrected chi connectivity index (χ4v) is 2.19. The van der Waals surface area contributed by atoms with Crippen LogP contribution in [0.15, 0.2) is 0 Å². The zero-order valence-electron chi connectivity index (χ0n) is 8.17. The third-order valence-electron chi connectivity index (χ3n) is 2.81. The second kappa shape index (κ2) is 3.56. The Morgan fingerprint density at radius 1 is 1.42 bits per heavy atom. The molecule has 0 saturated carbocycles. The van der Waals surface area contributed by atoms with Crippen molar-refractivity contribution in [1.29, 1.82) is 0 Å². The molecule has 0 spiro atoms. The topological polar surface area (TPSA) is 26.3 Å². The van der Waals surface area contributed by atoms with E-state index in [0.29, 0.717) is 0 Å². The molecule has 1 fully saturated rings. The minimum Gasteiger partial charge on any atom is -0.375 e. The second-order valence-corrected chi connectivity index (χ2v) is 4.00. The highest BCUT2D eigenvalue weighted by atomic mass is 16.5. The predicted molar refractivity (Wildman–Crippen MR) is 48.0 cm³/mol. The standard InChI is InChI=1S/C10H18O2/c1-4-10(7-11)5-8(2)12-9(3)6-10/h7-9H,4-6H2,1-3H3. The van der Waals surface area contributed by atoms with Crippen LogP contribution in [0, 0.1) is 5.41 Å². The molecule has 2 atom stereocenters. The minimum atomic E-state index is -0.100. The molecule has 1 saturated heterocycles. The van der Waals surface area contributed by atoms with Gasteiger partial charge in [0, 0.05) is 5.41 Å². The molecule has 0 aliphatic carbocycles. The molecule has 0 bridgehead atoms. The van der Waals surface area contributed by atoms with Gasteiger partial charge in [-0.3, -0.25) is 0 Å². The largest absolute Gasteiger partial charge is 0.375 e. The lowest BCUT2D eigenvalue weighted by atomic mass is 9.75. The molecule has 2 nitrogen and oxygen atoms in total. The van der Waals surface area contributed by atoms with E-state index >= 15 is 0 Å². The van der Waals surface area contributed by atoms with Crippen LogP contribution < -0.4 is 0 Å². The Labute approximate surface area is 74.3 Å². The van der Waals surface area contributed by atoms with Crippen molar-refractivity contribution in [3.63, 3.8) is 0 Å². The van der Waals surface area contributed by atoms with Crippen LogP contribution in [0.1, 0.15) is 40.0 Å². The summed E-state index contributed by atoms with van der Waals surface area (Å²) in [5, 5.41) is 0. The number of ether oxygens (including phenoxy) is 1. The van der Waals surface area contributed by atoms with Crippen molar-refractivity contribution in [2.45, 2.75) is 52.2 Å². The molecule has 0 radical (unpaired) electrons. The normalized spacial score (nSPS) is 42.6. The van der Waals surface area contributed by atoms with E-state index in [9.17, 15) is 4.79 Å². The van der Waals surface area contributed by atoms with Gasteiger partial charge in [-0.05, 0) is 33.1 Å². The zero-order valence-corrected chi connectivity index (χ0v) is 8.17. The third-order valence-corrected chi connectivity index (χ3v) is 2.81. The molecular formula is C10H18O2. The van der Waals surface area contributed by atoms with E-state index in [1.807, 2.05) is 13.8 Å². The Hall–Kier alpha value is -0.370. The minimum absolute atomic E-state index is 0.100. The fraction of sp³-hybridized carbons (Fsp3) is 0.900. The van der Waals surface area contributed by atoms with E-state index in [1.54, 1.807) is 0 Å². The summed E-state index contributed by atoms with van der Waals surface area (Å²) in [7, 11) is 0. The van der Waals surface area contributed by atoms with Crippen LogP contribution in [0.4, 0.5) is 0 Å². The highest BCUT2D eigenvalue weighted by Gasteiger charge is 2.36. The van der Waals surface area contributed by atoms with E-state index in [2.05, 4.69) is 6.92 Å². The van der Waals surface area contributed by atoms with Crippen molar-refractivity contribution in [2.75, 3.05) is 0 Å². The van der Waals surface area contributed by atoms with Gasteiger partial charge in [0.25, 0.3) is 0 Å². The monoisotopic (exact) mass is 170 g/mol. The molecule has 1 heterocycles. The number of aldehydes is 1. The number of hydrogen-bond acceptors (Lipinski definition) is 2. The lowest BCUT2D eigenvalue weighted by molar-refractivity contribution is -0.132. The molecule has 0 aromatic rings. The summed E-state index contributed by atoms with van der Waals surface area (Å²) >= 11 is 0. The quantitative estimate of drug-likeness (QED) is 0.594. The Balaban J connectivity index is 2.69. The van der Waals surface area contributed by atoms with Crippen LogP contribution in [0.5, 0.6) is 0 Å². The van der Waals surface area contributed by atoms with Gasteiger partial charge in [0.15, 0.2) is 0 Å². The van der Waals surface area contributed by atoms with E-state index in [0.717, 1.165) is 25.5 Å². The maximum Gasteiger partial charge on any atom is 0.126 e. The summed E-state index contributed by atoms with van der Waals surface area (Å²) in [5.41, 5.74) is -0.100. The van der Waals surface area contributed by atoms with Crippen molar-refractivity contribution in [2.24, 2.45) is 5.41 Å². The molecule has 1 aliphatic heterocycles. The summed E-state index contributed by atoms with van der Waals surface area (Å²) < 4.78 is 5.59.